The van der Waals surface area contributed by atoms with Crippen molar-refractivity contribution in [1.82, 2.24) is 5.32 Å². The van der Waals surface area contributed by atoms with Gasteiger partial charge in [0.25, 0.3) is 5.91 Å². The molecular weight excluding hydrogens is 252 g/mol. The maximum absolute atomic E-state index is 12.0. The zero-order chi connectivity index (χ0) is 14.1. The number of ether oxygens (including phenoxy) is 1. The lowest BCUT2D eigenvalue weighted by Gasteiger charge is -2.27. The van der Waals surface area contributed by atoms with Gasteiger partial charge in [0, 0.05) is 12.1 Å². The van der Waals surface area contributed by atoms with Gasteiger partial charge in [0.05, 0.1) is 5.69 Å². The fourth-order valence-corrected chi connectivity index (χ4v) is 2.53. The zero-order valence-electron chi connectivity index (χ0n) is 12.1. The van der Waals surface area contributed by atoms with E-state index in [1.165, 1.54) is 5.56 Å². The maximum atomic E-state index is 12.0. The molecule has 1 aliphatic heterocycles. The summed E-state index contributed by atoms with van der Waals surface area (Å²) in [4.78, 5) is 12.0. The van der Waals surface area contributed by atoms with Crippen LogP contribution in [0.2, 0.25) is 0 Å². The molecule has 3 rings (SSSR count). The van der Waals surface area contributed by atoms with Gasteiger partial charge in [-0.05, 0) is 51.2 Å². The van der Waals surface area contributed by atoms with Crippen LogP contribution < -0.4 is 15.4 Å². The molecule has 0 aromatic heterocycles. The lowest BCUT2D eigenvalue weighted by atomic mass is 9.98. The first-order valence-electron chi connectivity index (χ1n) is 7.49. The Bertz CT molecular complexity index is 511. The number of benzene rings is 1. The number of carbonyl (C=O) groups excluding carboxylic acids is 1. The van der Waals surface area contributed by atoms with Crippen LogP contribution >= 0.6 is 0 Å². The molecule has 0 bridgehead atoms. The first kappa shape index (κ1) is 13.3. The molecule has 2 N–H and O–H groups in total. The number of nitrogens with one attached hydrogen (secondary N) is 2. The summed E-state index contributed by atoms with van der Waals surface area (Å²) in [5.41, 5.74) is 2.33. The molecule has 1 amide bonds. The van der Waals surface area contributed by atoms with E-state index in [2.05, 4.69) is 23.6 Å². The highest BCUT2D eigenvalue weighted by atomic mass is 16.5. The zero-order valence-corrected chi connectivity index (χ0v) is 12.1. The van der Waals surface area contributed by atoms with Gasteiger partial charge in [0.2, 0.25) is 0 Å². The SMILES string of the molecule is CC1CCc2cccc(OC(C)C(=O)NC3CC3)c2N1. The summed E-state index contributed by atoms with van der Waals surface area (Å²) in [5, 5.41) is 6.45. The summed E-state index contributed by atoms with van der Waals surface area (Å²) < 4.78 is 5.88. The molecule has 4 heteroatoms. The van der Waals surface area contributed by atoms with Crippen molar-refractivity contribution in [3.63, 3.8) is 0 Å². The molecule has 1 aliphatic carbocycles. The van der Waals surface area contributed by atoms with Crippen LogP contribution in [0.25, 0.3) is 0 Å². The Morgan fingerprint density at radius 2 is 2.20 bits per heavy atom. The van der Waals surface area contributed by atoms with Crippen molar-refractivity contribution in [3.05, 3.63) is 23.8 Å². The Labute approximate surface area is 119 Å². The van der Waals surface area contributed by atoms with Crippen LogP contribution in [0.4, 0.5) is 5.69 Å². The second-order valence-corrected chi connectivity index (χ2v) is 5.92. The highest BCUT2D eigenvalue weighted by Gasteiger charge is 2.27. The average Bonchev–Trinajstić information content (AvgIpc) is 3.23. The highest BCUT2D eigenvalue weighted by molar-refractivity contribution is 5.81. The van der Waals surface area contributed by atoms with E-state index in [1.54, 1.807) is 0 Å². The van der Waals surface area contributed by atoms with Gasteiger partial charge >= 0.3 is 0 Å². The Hall–Kier alpha value is -1.71. The summed E-state index contributed by atoms with van der Waals surface area (Å²) in [5.74, 6) is 0.765. The molecule has 2 unspecified atom stereocenters. The number of fused-ring (bicyclic) bond motifs is 1. The highest BCUT2D eigenvalue weighted by Crippen LogP contribution is 2.34. The summed E-state index contributed by atoms with van der Waals surface area (Å²) in [7, 11) is 0. The van der Waals surface area contributed by atoms with Gasteiger partial charge in [0.1, 0.15) is 5.75 Å². The van der Waals surface area contributed by atoms with Crippen molar-refractivity contribution in [3.8, 4) is 5.75 Å². The van der Waals surface area contributed by atoms with Crippen LogP contribution in [-0.2, 0) is 11.2 Å². The number of hydrogen-bond acceptors (Lipinski definition) is 3. The van der Waals surface area contributed by atoms with Crippen molar-refractivity contribution >= 4 is 11.6 Å². The molecule has 1 aromatic rings. The van der Waals surface area contributed by atoms with Crippen molar-refractivity contribution in [2.24, 2.45) is 0 Å². The lowest BCUT2D eigenvalue weighted by Crippen LogP contribution is -2.37. The molecule has 20 heavy (non-hydrogen) atoms. The monoisotopic (exact) mass is 274 g/mol. The van der Waals surface area contributed by atoms with Crippen molar-refractivity contribution in [1.29, 1.82) is 0 Å². The van der Waals surface area contributed by atoms with Gasteiger partial charge in [0.15, 0.2) is 6.10 Å². The van der Waals surface area contributed by atoms with Gasteiger partial charge in [-0.1, -0.05) is 12.1 Å². The van der Waals surface area contributed by atoms with Crippen LogP contribution in [0.5, 0.6) is 5.75 Å². The van der Waals surface area contributed by atoms with Crippen LogP contribution in [-0.4, -0.2) is 24.1 Å². The Morgan fingerprint density at radius 1 is 1.40 bits per heavy atom. The lowest BCUT2D eigenvalue weighted by molar-refractivity contribution is -0.127. The van der Waals surface area contributed by atoms with Gasteiger partial charge in [-0.15, -0.1) is 0 Å². The predicted octanol–water partition coefficient (Wildman–Crippen LogP) is 2.48. The molecule has 108 valence electrons. The molecule has 1 fully saturated rings. The van der Waals surface area contributed by atoms with E-state index in [4.69, 9.17) is 4.74 Å². The van der Waals surface area contributed by atoms with E-state index in [-0.39, 0.29) is 5.91 Å². The molecule has 4 nitrogen and oxygen atoms in total. The molecule has 2 atom stereocenters. The molecule has 2 aliphatic rings. The fraction of sp³-hybridized carbons (Fsp3) is 0.562. The standard InChI is InChI=1S/C16H22N2O2/c1-10-6-7-12-4-3-5-14(15(12)17-10)20-11(2)16(19)18-13-8-9-13/h3-5,10-11,13,17H,6-9H2,1-2H3,(H,18,19). The molecule has 1 aromatic carbocycles. The molecule has 0 saturated heterocycles. The quantitative estimate of drug-likeness (QED) is 0.887. The van der Waals surface area contributed by atoms with Gasteiger partial charge < -0.3 is 15.4 Å². The summed E-state index contributed by atoms with van der Waals surface area (Å²) >= 11 is 0. The normalized spacial score (nSPS) is 22.4. The van der Waals surface area contributed by atoms with Crippen molar-refractivity contribution in [2.75, 3.05) is 5.32 Å². The van der Waals surface area contributed by atoms with Gasteiger partial charge in [-0.3, -0.25) is 4.79 Å². The Balaban J connectivity index is 1.71. The number of hydrogen-bond donors (Lipinski definition) is 2. The van der Waals surface area contributed by atoms with E-state index >= 15 is 0 Å². The second-order valence-electron chi connectivity index (χ2n) is 5.92. The third kappa shape index (κ3) is 2.89. The summed E-state index contributed by atoms with van der Waals surface area (Å²) in [6.07, 6.45) is 3.93. The third-order valence-corrected chi connectivity index (χ3v) is 3.95. The number of rotatable bonds is 4. The van der Waals surface area contributed by atoms with Crippen LogP contribution in [0, 0.1) is 0 Å². The summed E-state index contributed by atoms with van der Waals surface area (Å²) in [6, 6.07) is 6.87. The number of carbonyl (C=O) groups is 1. The smallest absolute Gasteiger partial charge is 0.260 e. The number of amides is 1. The first-order chi connectivity index (χ1) is 9.63. The number of para-hydroxylation sites is 1. The minimum atomic E-state index is -0.457. The minimum Gasteiger partial charge on any atom is -0.479 e. The largest absolute Gasteiger partial charge is 0.479 e. The van der Waals surface area contributed by atoms with E-state index in [0.717, 1.165) is 37.1 Å². The van der Waals surface area contributed by atoms with Crippen molar-refractivity contribution in [2.45, 2.75) is 57.7 Å². The predicted molar refractivity (Wildman–Crippen MR) is 79.1 cm³/mol. The molecule has 1 saturated carbocycles. The van der Waals surface area contributed by atoms with E-state index in [0.29, 0.717) is 12.1 Å². The van der Waals surface area contributed by atoms with E-state index < -0.39 is 6.10 Å². The first-order valence-corrected chi connectivity index (χ1v) is 7.49. The second kappa shape index (κ2) is 5.35. The van der Waals surface area contributed by atoms with E-state index in [1.807, 2.05) is 19.1 Å². The topological polar surface area (TPSA) is 50.4 Å². The minimum absolute atomic E-state index is 0.0195. The van der Waals surface area contributed by atoms with Crippen LogP contribution in [0.1, 0.15) is 38.7 Å². The number of aryl methyl sites for hydroxylation is 1. The van der Waals surface area contributed by atoms with Crippen molar-refractivity contribution < 1.29 is 9.53 Å². The molecular formula is C16H22N2O2. The number of anilines is 1. The summed E-state index contributed by atoms with van der Waals surface area (Å²) in [6.45, 7) is 3.98. The van der Waals surface area contributed by atoms with E-state index in [9.17, 15) is 4.79 Å². The Morgan fingerprint density at radius 3 is 2.95 bits per heavy atom. The fourth-order valence-electron chi connectivity index (χ4n) is 2.53. The van der Waals surface area contributed by atoms with Gasteiger partial charge in [-0.2, -0.15) is 0 Å². The molecule has 0 spiro atoms. The molecule has 1 heterocycles. The average molecular weight is 274 g/mol. The maximum Gasteiger partial charge on any atom is 0.260 e. The third-order valence-electron chi connectivity index (χ3n) is 3.95. The molecule has 0 radical (unpaired) electrons. The van der Waals surface area contributed by atoms with Crippen LogP contribution in [0.15, 0.2) is 18.2 Å². The Kier molecular flexibility index (Phi) is 3.55. The van der Waals surface area contributed by atoms with Gasteiger partial charge in [-0.25, -0.2) is 0 Å². The van der Waals surface area contributed by atoms with Crippen LogP contribution in [0.3, 0.4) is 0 Å².